The summed E-state index contributed by atoms with van der Waals surface area (Å²) in [7, 11) is 1.51. The van der Waals surface area contributed by atoms with E-state index in [-0.39, 0.29) is 12.6 Å². The van der Waals surface area contributed by atoms with Crippen LogP contribution in [-0.2, 0) is 4.74 Å². The number of carbonyl (C=O) groups excluding carboxylic acids is 1. The fourth-order valence-corrected chi connectivity index (χ4v) is 0.586. The average molecular weight is 176 g/mol. The van der Waals surface area contributed by atoms with Crippen molar-refractivity contribution in [2.45, 2.75) is 13.0 Å². The van der Waals surface area contributed by atoms with Crippen LogP contribution in [0.15, 0.2) is 0 Å². The summed E-state index contributed by atoms with van der Waals surface area (Å²) in [5, 5.41) is 13.9. The fourth-order valence-electron chi connectivity index (χ4n) is 0.586. The highest BCUT2D eigenvalue weighted by Gasteiger charge is 1.99. The van der Waals surface area contributed by atoms with Crippen LogP contribution < -0.4 is 10.6 Å². The first-order chi connectivity index (χ1) is 5.70. The van der Waals surface area contributed by atoms with Crippen LogP contribution in [0.5, 0.6) is 0 Å². The summed E-state index contributed by atoms with van der Waals surface area (Å²) >= 11 is 0. The van der Waals surface area contributed by atoms with Gasteiger partial charge in [0.1, 0.15) is 6.61 Å². The number of ether oxygens (including phenoxy) is 1. The minimum absolute atomic E-state index is 0.0401. The number of aliphatic hydroxyl groups excluding tert-OH is 1. The molecule has 0 spiro atoms. The van der Waals surface area contributed by atoms with Gasteiger partial charge in [0.15, 0.2) is 0 Å². The Balaban J connectivity index is 3.15. The Hall–Kier alpha value is -0.810. The predicted octanol–water partition coefficient (Wildman–Crippen LogP) is -0.687. The third-order valence-electron chi connectivity index (χ3n) is 1.31. The minimum atomic E-state index is -0.437. The Bertz CT molecular complexity index is 130. The van der Waals surface area contributed by atoms with Gasteiger partial charge in [0.2, 0.25) is 0 Å². The third-order valence-corrected chi connectivity index (χ3v) is 1.31. The second kappa shape index (κ2) is 6.87. The van der Waals surface area contributed by atoms with E-state index in [1.54, 1.807) is 0 Å². The van der Waals surface area contributed by atoms with E-state index in [1.807, 2.05) is 6.92 Å². The van der Waals surface area contributed by atoms with Crippen molar-refractivity contribution in [2.24, 2.45) is 0 Å². The molecule has 0 aromatic heterocycles. The van der Waals surface area contributed by atoms with Crippen molar-refractivity contribution in [3.63, 3.8) is 0 Å². The molecule has 5 heteroatoms. The van der Waals surface area contributed by atoms with E-state index >= 15 is 0 Å². The van der Waals surface area contributed by atoms with E-state index in [9.17, 15) is 4.79 Å². The molecule has 0 rings (SSSR count). The quantitative estimate of drug-likeness (QED) is 0.485. The highest BCUT2D eigenvalue weighted by molar-refractivity contribution is 5.66. The number of rotatable bonds is 5. The number of nitrogens with one attached hydrogen (secondary N) is 2. The molecule has 0 fully saturated rings. The molecule has 0 aliphatic rings. The molecule has 1 amide bonds. The molecule has 3 N–H and O–H groups in total. The normalized spacial score (nSPS) is 12.2. The van der Waals surface area contributed by atoms with Gasteiger partial charge in [-0.1, -0.05) is 0 Å². The molecule has 1 unspecified atom stereocenters. The molecule has 0 bridgehead atoms. The van der Waals surface area contributed by atoms with Crippen molar-refractivity contribution in [1.82, 2.24) is 10.6 Å². The summed E-state index contributed by atoms with van der Waals surface area (Å²) < 4.78 is 4.69. The van der Waals surface area contributed by atoms with Crippen LogP contribution in [-0.4, -0.2) is 44.0 Å². The zero-order valence-electron chi connectivity index (χ0n) is 7.46. The molecule has 0 saturated heterocycles. The van der Waals surface area contributed by atoms with Gasteiger partial charge in [-0.05, 0) is 6.92 Å². The molecule has 0 heterocycles. The van der Waals surface area contributed by atoms with E-state index in [0.717, 1.165) is 0 Å². The summed E-state index contributed by atoms with van der Waals surface area (Å²) in [4.78, 5) is 10.5. The summed E-state index contributed by atoms with van der Waals surface area (Å²) in [6.45, 7) is 2.79. The number of hydrogen-bond acceptors (Lipinski definition) is 4. The van der Waals surface area contributed by atoms with Gasteiger partial charge in [0.25, 0.3) is 0 Å². The molecular formula is C7H16N2O3. The molecular weight excluding hydrogens is 160 g/mol. The van der Waals surface area contributed by atoms with E-state index < -0.39 is 6.09 Å². The van der Waals surface area contributed by atoms with Gasteiger partial charge in [-0.15, -0.1) is 0 Å². The molecule has 0 radical (unpaired) electrons. The summed E-state index contributed by atoms with van der Waals surface area (Å²) in [6, 6.07) is 0.0401. The van der Waals surface area contributed by atoms with E-state index in [4.69, 9.17) is 9.84 Å². The van der Waals surface area contributed by atoms with Gasteiger partial charge < -0.3 is 20.5 Å². The maximum atomic E-state index is 10.5. The molecule has 0 aromatic carbocycles. The van der Waals surface area contributed by atoms with Crippen LogP contribution in [0.1, 0.15) is 6.92 Å². The maximum absolute atomic E-state index is 10.5. The molecule has 0 aliphatic heterocycles. The first-order valence-electron chi connectivity index (χ1n) is 3.89. The summed E-state index contributed by atoms with van der Waals surface area (Å²) in [6.07, 6.45) is -0.437. The van der Waals surface area contributed by atoms with Crippen LogP contribution in [0.4, 0.5) is 4.79 Å². The standard InChI is InChI=1S/C7H16N2O3/c1-6(5-10)9-3-4-12-7(11)8-2/h6,9-10H,3-5H2,1-2H3,(H,8,11). The zero-order chi connectivity index (χ0) is 9.40. The van der Waals surface area contributed by atoms with Crippen LogP contribution in [0.3, 0.4) is 0 Å². The average Bonchev–Trinajstić information content (AvgIpc) is 2.11. The van der Waals surface area contributed by atoms with Crippen molar-refractivity contribution >= 4 is 6.09 Å². The largest absolute Gasteiger partial charge is 0.448 e. The highest BCUT2D eigenvalue weighted by Crippen LogP contribution is 1.78. The maximum Gasteiger partial charge on any atom is 0.406 e. The SMILES string of the molecule is CNC(=O)OCCNC(C)CO. The lowest BCUT2D eigenvalue weighted by Gasteiger charge is -2.10. The second-order valence-electron chi connectivity index (χ2n) is 2.42. The third kappa shape index (κ3) is 5.94. The molecule has 1 atom stereocenters. The lowest BCUT2D eigenvalue weighted by Crippen LogP contribution is -2.33. The van der Waals surface area contributed by atoms with Crippen LogP contribution in [0.2, 0.25) is 0 Å². The van der Waals surface area contributed by atoms with E-state index in [0.29, 0.717) is 13.2 Å². The van der Waals surface area contributed by atoms with Crippen molar-refractivity contribution < 1.29 is 14.6 Å². The molecule has 72 valence electrons. The molecule has 0 saturated carbocycles. The van der Waals surface area contributed by atoms with E-state index in [1.165, 1.54) is 7.05 Å². The fraction of sp³-hybridized carbons (Fsp3) is 0.857. The van der Waals surface area contributed by atoms with Crippen LogP contribution in [0.25, 0.3) is 0 Å². The Labute approximate surface area is 72.1 Å². The lowest BCUT2D eigenvalue weighted by atomic mass is 10.4. The van der Waals surface area contributed by atoms with Crippen molar-refractivity contribution in [3.05, 3.63) is 0 Å². The highest BCUT2D eigenvalue weighted by atomic mass is 16.5. The van der Waals surface area contributed by atoms with Gasteiger partial charge in [-0.2, -0.15) is 0 Å². The molecule has 0 aliphatic carbocycles. The van der Waals surface area contributed by atoms with E-state index in [2.05, 4.69) is 10.6 Å². The number of hydrogen-bond donors (Lipinski definition) is 3. The number of carbonyl (C=O) groups is 1. The first-order valence-corrected chi connectivity index (χ1v) is 3.89. The first kappa shape index (κ1) is 11.2. The van der Waals surface area contributed by atoms with Gasteiger partial charge >= 0.3 is 6.09 Å². The Morgan fingerprint density at radius 2 is 2.33 bits per heavy atom. The smallest absolute Gasteiger partial charge is 0.406 e. The summed E-state index contributed by atoms with van der Waals surface area (Å²) in [5.74, 6) is 0. The lowest BCUT2D eigenvalue weighted by molar-refractivity contribution is 0.146. The number of amides is 1. The zero-order valence-corrected chi connectivity index (χ0v) is 7.46. The number of aliphatic hydroxyl groups is 1. The van der Waals surface area contributed by atoms with Crippen molar-refractivity contribution in [2.75, 3.05) is 26.8 Å². The Kier molecular flexibility index (Phi) is 6.41. The van der Waals surface area contributed by atoms with Crippen LogP contribution >= 0.6 is 0 Å². The van der Waals surface area contributed by atoms with Gasteiger partial charge in [0, 0.05) is 19.6 Å². The second-order valence-corrected chi connectivity index (χ2v) is 2.42. The topological polar surface area (TPSA) is 70.6 Å². The number of alkyl carbamates (subject to hydrolysis) is 1. The van der Waals surface area contributed by atoms with Crippen molar-refractivity contribution in [1.29, 1.82) is 0 Å². The minimum Gasteiger partial charge on any atom is -0.448 e. The van der Waals surface area contributed by atoms with Gasteiger partial charge in [-0.3, -0.25) is 0 Å². The monoisotopic (exact) mass is 176 g/mol. The van der Waals surface area contributed by atoms with Crippen LogP contribution in [0, 0.1) is 0 Å². The van der Waals surface area contributed by atoms with Gasteiger partial charge in [-0.25, -0.2) is 4.79 Å². The molecule has 12 heavy (non-hydrogen) atoms. The Morgan fingerprint density at radius 1 is 1.67 bits per heavy atom. The molecule has 0 aromatic rings. The van der Waals surface area contributed by atoms with Gasteiger partial charge in [0.05, 0.1) is 6.61 Å². The van der Waals surface area contributed by atoms with Crippen molar-refractivity contribution in [3.8, 4) is 0 Å². The predicted molar refractivity (Wildman–Crippen MR) is 45.0 cm³/mol. The Morgan fingerprint density at radius 3 is 2.83 bits per heavy atom. The molecule has 5 nitrogen and oxygen atoms in total. The summed E-state index contributed by atoms with van der Waals surface area (Å²) in [5.41, 5.74) is 0.